The number of carbonyl (C=O) groups excluding carboxylic acids is 3. The molecule has 158 valence electrons. The molecule has 0 saturated heterocycles. The average molecular weight is 405 g/mol. The van der Waals surface area contributed by atoms with Crippen LogP contribution in [0.25, 0.3) is 11.0 Å². The van der Waals surface area contributed by atoms with E-state index in [-0.39, 0.29) is 24.6 Å². The van der Waals surface area contributed by atoms with E-state index in [1.54, 1.807) is 13.1 Å². The Morgan fingerprint density at radius 1 is 1.14 bits per heavy atom. The predicted molar refractivity (Wildman–Crippen MR) is 106 cm³/mol. The fourth-order valence-corrected chi connectivity index (χ4v) is 3.06. The average Bonchev–Trinajstić information content (AvgIpc) is 2.93. The van der Waals surface area contributed by atoms with Crippen LogP contribution in [-0.2, 0) is 37.4 Å². The molecule has 1 aromatic carbocycles. The van der Waals surface area contributed by atoms with Crippen LogP contribution in [-0.4, -0.2) is 46.7 Å². The van der Waals surface area contributed by atoms with Gasteiger partial charge in [-0.1, -0.05) is 26.0 Å². The largest absolute Gasteiger partial charge is 0.467 e. The molecule has 1 amide bonds. The molecule has 2 aromatic rings. The molecular weight excluding hydrogens is 378 g/mol. The van der Waals surface area contributed by atoms with E-state index in [1.807, 2.05) is 32.0 Å². The number of para-hydroxylation sites is 2. The Bertz CT molecular complexity index is 943. The Kier molecular flexibility index (Phi) is 7.58. The van der Waals surface area contributed by atoms with Crippen molar-refractivity contribution < 1.29 is 23.9 Å². The molecule has 9 nitrogen and oxygen atoms in total. The van der Waals surface area contributed by atoms with Crippen molar-refractivity contribution in [3.63, 3.8) is 0 Å². The lowest BCUT2D eigenvalue weighted by Crippen LogP contribution is -2.44. The first-order chi connectivity index (χ1) is 13.7. The number of hydrogen-bond acceptors (Lipinski definition) is 6. The Labute approximate surface area is 168 Å². The lowest BCUT2D eigenvalue weighted by atomic mass is 10.0. The van der Waals surface area contributed by atoms with E-state index in [1.165, 1.54) is 16.2 Å². The minimum Gasteiger partial charge on any atom is -0.467 e. The second kappa shape index (κ2) is 9.90. The fourth-order valence-electron chi connectivity index (χ4n) is 3.06. The van der Waals surface area contributed by atoms with Crippen LogP contribution in [0.4, 0.5) is 0 Å². The third kappa shape index (κ3) is 5.69. The lowest BCUT2D eigenvalue weighted by Gasteiger charge is -2.18. The summed E-state index contributed by atoms with van der Waals surface area (Å²) in [5.41, 5.74) is 1.26. The third-order valence-corrected chi connectivity index (χ3v) is 4.48. The number of amides is 1. The number of ether oxygens (including phenoxy) is 2. The van der Waals surface area contributed by atoms with Gasteiger partial charge < -0.3 is 14.8 Å². The molecule has 0 aliphatic heterocycles. The first-order valence-electron chi connectivity index (χ1n) is 9.41. The van der Waals surface area contributed by atoms with Gasteiger partial charge in [0.15, 0.2) is 6.61 Å². The van der Waals surface area contributed by atoms with Crippen molar-refractivity contribution in [2.45, 2.75) is 39.3 Å². The van der Waals surface area contributed by atoms with Crippen molar-refractivity contribution in [2.24, 2.45) is 13.0 Å². The summed E-state index contributed by atoms with van der Waals surface area (Å²) in [6.45, 7) is 3.46. The highest BCUT2D eigenvalue weighted by atomic mass is 16.5. The van der Waals surface area contributed by atoms with Crippen LogP contribution in [0.1, 0.15) is 26.7 Å². The van der Waals surface area contributed by atoms with Gasteiger partial charge in [-0.15, -0.1) is 0 Å². The fraction of sp³-hybridized carbons (Fsp3) is 0.500. The van der Waals surface area contributed by atoms with Crippen LogP contribution in [0, 0.1) is 5.92 Å². The molecule has 1 unspecified atom stereocenters. The van der Waals surface area contributed by atoms with Crippen LogP contribution >= 0.6 is 0 Å². The summed E-state index contributed by atoms with van der Waals surface area (Å²) in [6, 6.07) is 6.48. The molecule has 1 atom stereocenters. The predicted octanol–water partition coefficient (Wildman–Crippen LogP) is 0.977. The van der Waals surface area contributed by atoms with Crippen molar-refractivity contribution in [3.05, 3.63) is 34.7 Å². The van der Waals surface area contributed by atoms with Gasteiger partial charge in [-0.3, -0.25) is 18.7 Å². The summed E-state index contributed by atoms with van der Waals surface area (Å²) in [6.07, 6.45) is 0.351. The minimum absolute atomic E-state index is 0.0619. The number of nitrogens with one attached hydrogen (secondary N) is 1. The molecule has 0 fully saturated rings. The molecule has 9 heteroatoms. The summed E-state index contributed by atoms with van der Waals surface area (Å²) in [4.78, 5) is 48.1. The van der Waals surface area contributed by atoms with Crippen molar-refractivity contribution in [3.8, 4) is 0 Å². The molecule has 1 N–H and O–H groups in total. The highest BCUT2D eigenvalue weighted by molar-refractivity contribution is 5.86. The van der Waals surface area contributed by atoms with Gasteiger partial charge in [-0.05, 0) is 24.5 Å². The van der Waals surface area contributed by atoms with Gasteiger partial charge in [0.25, 0.3) is 5.91 Å². The van der Waals surface area contributed by atoms with Gasteiger partial charge in [-0.2, -0.15) is 0 Å². The Balaban J connectivity index is 1.89. The van der Waals surface area contributed by atoms with E-state index < -0.39 is 30.5 Å². The van der Waals surface area contributed by atoms with E-state index in [0.29, 0.717) is 6.42 Å². The highest BCUT2D eigenvalue weighted by Crippen LogP contribution is 2.12. The van der Waals surface area contributed by atoms with Gasteiger partial charge in [0.05, 0.1) is 24.6 Å². The molecular formula is C20H27N3O6. The molecule has 1 aromatic heterocycles. The van der Waals surface area contributed by atoms with Gasteiger partial charge in [0.1, 0.15) is 6.04 Å². The number of nitrogens with zero attached hydrogens (tertiary/aromatic N) is 2. The topological polar surface area (TPSA) is 109 Å². The Hall–Kier alpha value is -3.10. The number of benzene rings is 1. The molecule has 29 heavy (non-hydrogen) atoms. The van der Waals surface area contributed by atoms with E-state index in [0.717, 1.165) is 11.0 Å². The highest BCUT2D eigenvalue weighted by Gasteiger charge is 2.23. The number of esters is 2. The first kappa shape index (κ1) is 22.2. The Morgan fingerprint density at radius 3 is 2.41 bits per heavy atom. The van der Waals surface area contributed by atoms with Crippen LogP contribution in [0.15, 0.2) is 29.1 Å². The van der Waals surface area contributed by atoms with E-state index in [9.17, 15) is 19.2 Å². The number of methoxy groups -OCH3 is 1. The standard InChI is InChI=1S/C20H27N3O6/c1-13(2)11-14(19(26)28-4)21-17(24)12-29-18(25)9-10-23-16-8-6-5-7-15(16)22(3)20(23)27/h5-8,13-14H,9-12H2,1-4H3,(H,21,24). The van der Waals surface area contributed by atoms with E-state index in [4.69, 9.17) is 4.74 Å². The summed E-state index contributed by atoms with van der Waals surface area (Å²) in [7, 11) is 2.91. The zero-order chi connectivity index (χ0) is 21.6. The van der Waals surface area contributed by atoms with E-state index in [2.05, 4.69) is 10.1 Å². The molecule has 0 saturated carbocycles. The summed E-state index contributed by atoms with van der Waals surface area (Å²) in [5, 5.41) is 2.52. The van der Waals surface area contributed by atoms with Crippen LogP contribution in [0.3, 0.4) is 0 Å². The minimum atomic E-state index is -0.791. The first-order valence-corrected chi connectivity index (χ1v) is 9.41. The van der Waals surface area contributed by atoms with Crippen molar-refractivity contribution >= 4 is 28.9 Å². The molecule has 0 spiro atoms. The van der Waals surface area contributed by atoms with Crippen molar-refractivity contribution in [1.82, 2.24) is 14.5 Å². The number of carbonyl (C=O) groups is 3. The second-order valence-corrected chi connectivity index (χ2v) is 7.17. The molecule has 2 rings (SSSR count). The molecule has 0 radical (unpaired) electrons. The van der Waals surface area contributed by atoms with E-state index >= 15 is 0 Å². The normalized spacial score (nSPS) is 12.0. The summed E-state index contributed by atoms with van der Waals surface area (Å²) < 4.78 is 12.7. The smallest absolute Gasteiger partial charge is 0.328 e. The van der Waals surface area contributed by atoms with Crippen LogP contribution in [0.5, 0.6) is 0 Å². The maximum atomic E-state index is 12.3. The van der Waals surface area contributed by atoms with Gasteiger partial charge in [0, 0.05) is 13.6 Å². The van der Waals surface area contributed by atoms with Crippen LogP contribution < -0.4 is 11.0 Å². The van der Waals surface area contributed by atoms with Gasteiger partial charge >= 0.3 is 17.6 Å². The summed E-state index contributed by atoms with van der Waals surface area (Å²) in [5.74, 6) is -1.58. The summed E-state index contributed by atoms with van der Waals surface area (Å²) >= 11 is 0. The van der Waals surface area contributed by atoms with Crippen molar-refractivity contribution in [2.75, 3.05) is 13.7 Å². The molecule has 0 aliphatic carbocycles. The maximum Gasteiger partial charge on any atom is 0.328 e. The number of aryl methyl sites for hydroxylation is 2. The number of imidazole rings is 1. The molecule has 0 aliphatic rings. The molecule has 1 heterocycles. The SMILES string of the molecule is COC(=O)C(CC(C)C)NC(=O)COC(=O)CCn1c(=O)n(C)c2ccccc21. The second-order valence-electron chi connectivity index (χ2n) is 7.17. The monoisotopic (exact) mass is 405 g/mol. The number of aromatic nitrogens is 2. The number of fused-ring (bicyclic) bond motifs is 1. The number of hydrogen-bond donors (Lipinski definition) is 1. The lowest BCUT2D eigenvalue weighted by molar-refractivity contribution is -0.150. The maximum absolute atomic E-state index is 12.3. The Morgan fingerprint density at radius 2 is 1.79 bits per heavy atom. The zero-order valence-corrected chi connectivity index (χ0v) is 17.1. The van der Waals surface area contributed by atoms with Crippen LogP contribution in [0.2, 0.25) is 0 Å². The van der Waals surface area contributed by atoms with Gasteiger partial charge in [0.2, 0.25) is 0 Å². The van der Waals surface area contributed by atoms with Crippen molar-refractivity contribution in [1.29, 1.82) is 0 Å². The third-order valence-electron chi connectivity index (χ3n) is 4.48. The number of rotatable bonds is 9. The molecule has 0 bridgehead atoms. The quantitative estimate of drug-likeness (QED) is 0.623. The zero-order valence-electron chi connectivity index (χ0n) is 17.1. The van der Waals surface area contributed by atoms with Gasteiger partial charge in [-0.25, -0.2) is 9.59 Å².